The highest BCUT2D eigenvalue weighted by Crippen LogP contribution is 2.25. The second-order valence-corrected chi connectivity index (χ2v) is 10.7. The van der Waals surface area contributed by atoms with E-state index in [9.17, 15) is 34.3 Å². The van der Waals surface area contributed by atoms with E-state index < -0.39 is 62.5 Å². The fourth-order valence-electron chi connectivity index (χ4n) is 5.71. The minimum absolute atomic E-state index is 0.0141. The number of nitrogens with one attached hydrogen (secondary N) is 2. The van der Waals surface area contributed by atoms with Crippen molar-refractivity contribution < 1.29 is 48.1 Å². The third-order valence-corrected chi connectivity index (χ3v) is 7.91. The zero-order valence-electron chi connectivity index (χ0n) is 22.8. The summed E-state index contributed by atoms with van der Waals surface area (Å²) in [5.41, 5.74) is 2.96. The van der Waals surface area contributed by atoms with Crippen LogP contribution in [0.5, 0.6) is 0 Å². The maximum atomic E-state index is 13.8. The molecule has 4 heterocycles. The molecule has 0 saturated carbocycles. The van der Waals surface area contributed by atoms with Crippen molar-refractivity contribution in [2.24, 2.45) is 0 Å². The number of rotatable bonds is 8. The molecule has 0 radical (unpaired) electrons. The van der Waals surface area contributed by atoms with Crippen LogP contribution in [0.2, 0.25) is 0 Å². The predicted molar refractivity (Wildman–Crippen MR) is 150 cm³/mol. The minimum Gasteiger partial charge on any atom is -0.481 e. The van der Waals surface area contributed by atoms with Crippen molar-refractivity contribution in [1.82, 2.24) is 15.5 Å². The van der Waals surface area contributed by atoms with Crippen molar-refractivity contribution in [3.8, 4) is 0 Å². The molecule has 1 fully saturated rings. The van der Waals surface area contributed by atoms with Crippen LogP contribution in [0.3, 0.4) is 0 Å². The van der Waals surface area contributed by atoms with Crippen LogP contribution in [-0.4, -0.2) is 76.6 Å². The third kappa shape index (κ3) is 5.79. The Hall–Kier alpha value is -4.43. The maximum Gasteiger partial charge on any atom is 0.491 e. The molecule has 0 spiro atoms. The van der Waals surface area contributed by atoms with Crippen LogP contribution in [0.4, 0.5) is 0 Å². The van der Waals surface area contributed by atoms with Gasteiger partial charge in [-0.3, -0.25) is 19.2 Å². The van der Waals surface area contributed by atoms with Gasteiger partial charge in [0.25, 0.3) is 11.8 Å². The first-order chi connectivity index (χ1) is 20.7. The van der Waals surface area contributed by atoms with E-state index in [1.54, 1.807) is 42.5 Å². The normalized spacial score (nSPS) is 19.6. The molecule has 1 aromatic heterocycles. The maximum absolute atomic E-state index is 13.8. The molecule has 3 amide bonds. The van der Waals surface area contributed by atoms with Gasteiger partial charge < -0.3 is 44.4 Å². The molecule has 5 N–H and O–H groups in total. The van der Waals surface area contributed by atoms with Gasteiger partial charge >= 0.3 is 20.2 Å². The summed E-state index contributed by atoms with van der Waals surface area (Å²) in [5.74, 6) is -2.50. The van der Waals surface area contributed by atoms with E-state index >= 15 is 0 Å². The number of amides is 3. The van der Waals surface area contributed by atoms with Gasteiger partial charge in [-0.15, -0.1) is 0 Å². The lowest BCUT2D eigenvalue weighted by Gasteiger charge is -2.26. The Bertz CT molecular complexity index is 1580. The highest BCUT2D eigenvalue weighted by Gasteiger charge is 2.42. The summed E-state index contributed by atoms with van der Waals surface area (Å²) < 4.78 is 15.8. The molecule has 0 bridgehead atoms. The second kappa shape index (κ2) is 11.7. The largest absolute Gasteiger partial charge is 0.491 e. The summed E-state index contributed by atoms with van der Waals surface area (Å²) in [7, 11) is -2.30. The van der Waals surface area contributed by atoms with Crippen LogP contribution >= 0.6 is 0 Å². The first-order valence-electron chi connectivity index (χ1n) is 13.7. The molecule has 3 aromatic rings. The van der Waals surface area contributed by atoms with Gasteiger partial charge in [-0.2, -0.15) is 0 Å². The standard InChI is InChI=1S/C28H27B2N3O10/c34-25(35)11-22(24-2-1-7-41-24)32-27(37)23-10-19(31-26(36)15-3-5-17-13-42-29(39)20(17)8-15)12-33(23)28(38)16-4-6-18-14-43-30(40)21(18)9-16/h1-9,19,22-23,39-40H,10-14H2,(H,31,36)(H,32,37)(H,34,35)/t19-,22+,23+/m1/s1. The predicted octanol–water partition coefficient (Wildman–Crippen LogP) is -0.940. The number of hydrogen-bond donors (Lipinski definition) is 5. The summed E-state index contributed by atoms with van der Waals surface area (Å²) in [4.78, 5) is 53.5. The first-order valence-corrected chi connectivity index (χ1v) is 13.7. The summed E-state index contributed by atoms with van der Waals surface area (Å²) in [5, 5.41) is 35.2. The Balaban J connectivity index is 1.24. The van der Waals surface area contributed by atoms with E-state index in [-0.39, 0.29) is 43.1 Å². The Kier molecular flexibility index (Phi) is 7.79. The molecule has 15 heteroatoms. The monoisotopic (exact) mass is 587 g/mol. The average Bonchev–Trinajstić information content (AvgIpc) is 3.80. The van der Waals surface area contributed by atoms with Crippen LogP contribution in [0, 0.1) is 0 Å². The SMILES string of the molecule is O=C(O)C[C@H](NC(=O)[C@@H]1C[C@@H](NC(=O)c2ccc3c(c2)B(O)OC3)CN1C(=O)c1ccc2c(c1)B(O)OC2)c1ccco1. The van der Waals surface area contributed by atoms with Crippen LogP contribution in [0.25, 0.3) is 0 Å². The summed E-state index contributed by atoms with van der Waals surface area (Å²) in [6, 6.07) is 10.1. The molecule has 0 unspecified atom stereocenters. The van der Waals surface area contributed by atoms with Crippen molar-refractivity contribution in [3.63, 3.8) is 0 Å². The highest BCUT2D eigenvalue weighted by atomic mass is 16.5. The van der Waals surface area contributed by atoms with Gasteiger partial charge in [0, 0.05) is 23.7 Å². The number of carboxylic acids is 1. The number of carbonyl (C=O) groups excluding carboxylic acids is 3. The first kappa shape index (κ1) is 28.7. The number of hydrogen-bond acceptors (Lipinski definition) is 9. The number of likely N-dealkylation sites (tertiary alicyclic amines) is 1. The van der Waals surface area contributed by atoms with Gasteiger partial charge in [-0.05, 0) is 64.9 Å². The Morgan fingerprint density at radius 2 is 1.60 bits per heavy atom. The second-order valence-electron chi connectivity index (χ2n) is 10.7. The van der Waals surface area contributed by atoms with Crippen LogP contribution in [-0.2, 0) is 32.1 Å². The van der Waals surface area contributed by atoms with Crippen molar-refractivity contribution in [2.75, 3.05) is 6.54 Å². The fourth-order valence-corrected chi connectivity index (χ4v) is 5.71. The van der Waals surface area contributed by atoms with Gasteiger partial charge in [0.2, 0.25) is 5.91 Å². The minimum atomic E-state index is -1.17. The lowest BCUT2D eigenvalue weighted by atomic mass is 9.78. The molecule has 3 aliphatic heterocycles. The molecule has 3 atom stereocenters. The molecular weight excluding hydrogens is 560 g/mol. The summed E-state index contributed by atoms with van der Waals surface area (Å²) in [6.45, 7) is 0.429. The molecule has 2 aromatic carbocycles. The topological polar surface area (TPSA) is 188 Å². The molecular formula is C28H27B2N3O10. The molecule has 3 aliphatic rings. The number of fused-ring (bicyclic) bond motifs is 2. The van der Waals surface area contributed by atoms with E-state index in [0.717, 1.165) is 11.1 Å². The lowest BCUT2D eigenvalue weighted by molar-refractivity contribution is -0.138. The van der Waals surface area contributed by atoms with Crippen LogP contribution in [0.1, 0.15) is 56.5 Å². The molecule has 0 aliphatic carbocycles. The molecule has 220 valence electrons. The average molecular weight is 587 g/mol. The fraction of sp³-hybridized carbons (Fsp3) is 0.286. The van der Waals surface area contributed by atoms with E-state index in [2.05, 4.69) is 10.6 Å². The molecule has 1 saturated heterocycles. The zero-order chi connectivity index (χ0) is 30.2. The lowest BCUT2D eigenvalue weighted by Crippen LogP contribution is -2.47. The number of furan rings is 1. The van der Waals surface area contributed by atoms with E-state index in [0.29, 0.717) is 10.9 Å². The van der Waals surface area contributed by atoms with E-state index in [4.69, 9.17) is 13.7 Å². The quantitative estimate of drug-likeness (QED) is 0.206. The third-order valence-electron chi connectivity index (χ3n) is 7.91. The number of carboxylic acid groups (broad SMARTS) is 1. The number of aliphatic carboxylic acids is 1. The van der Waals surface area contributed by atoms with Gasteiger partial charge in [0.1, 0.15) is 11.8 Å². The van der Waals surface area contributed by atoms with E-state index in [1.165, 1.54) is 17.2 Å². The molecule has 13 nitrogen and oxygen atoms in total. The molecule has 43 heavy (non-hydrogen) atoms. The number of carbonyl (C=O) groups is 4. The number of nitrogens with zero attached hydrogens (tertiary/aromatic N) is 1. The van der Waals surface area contributed by atoms with Gasteiger partial charge in [-0.25, -0.2) is 0 Å². The van der Waals surface area contributed by atoms with Crippen molar-refractivity contribution >= 4 is 48.9 Å². The van der Waals surface area contributed by atoms with Crippen molar-refractivity contribution in [1.29, 1.82) is 0 Å². The zero-order valence-corrected chi connectivity index (χ0v) is 22.8. The van der Waals surface area contributed by atoms with Gasteiger partial charge in [0.15, 0.2) is 0 Å². The Morgan fingerprint density at radius 3 is 2.23 bits per heavy atom. The molecule has 6 rings (SSSR count). The summed E-state index contributed by atoms with van der Waals surface area (Å²) in [6.07, 6.45) is 0.967. The van der Waals surface area contributed by atoms with Crippen molar-refractivity contribution in [2.45, 2.75) is 44.2 Å². The summed E-state index contributed by atoms with van der Waals surface area (Å²) >= 11 is 0. The Labute approximate surface area is 246 Å². The Morgan fingerprint density at radius 1 is 0.953 bits per heavy atom. The number of benzene rings is 2. The van der Waals surface area contributed by atoms with Gasteiger partial charge in [-0.1, -0.05) is 12.1 Å². The van der Waals surface area contributed by atoms with Crippen LogP contribution in [0.15, 0.2) is 59.2 Å². The highest BCUT2D eigenvalue weighted by molar-refractivity contribution is 6.62. The van der Waals surface area contributed by atoms with Crippen molar-refractivity contribution in [3.05, 3.63) is 82.8 Å². The van der Waals surface area contributed by atoms with E-state index in [1.807, 2.05) is 0 Å². The van der Waals surface area contributed by atoms with Crippen LogP contribution < -0.4 is 21.6 Å². The smallest absolute Gasteiger partial charge is 0.481 e. The van der Waals surface area contributed by atoms with Gasteiger partial charge in [0.05, 0.1) is 31.9 Å².